The van der Waals surface area contributed by atoms with Crippen LogP contribution in [0.15, 0.2) is 74.8 Å². The van der Waals surface area contributed by atoms with Crippen molar-refractivity contribution in [1.29, 1.82) is 0 Å². The Kier molecular flexibility index (Phi) is 7.15. The number of hydrogen-bond acceptors (Lipinski definition) is 7. The van der Waals surface area contributed by atoms with E-state index < -0.39 is 29.0 Å². The second-order valence-corrected chi connectivity index (χ2v) is 7.70. The lowest BCUT2D eigenvalue weighted by Gasteiger charge is -2.17. The molecule has 0 aliphatic carbocycles. The normalized spacial score (nSPS) is 11.6. The largest absolute Gasteiger partial charge is 0.502 e. The zero-order valence-corrected chi connectivity index (χ0v) is 17.4. The zero-order chi connectivity index (χ0) is 22.4. The van der Waals surface area contributed by atoms with E-state index in [1.807, 2.05) is 30.3 Å². The molecule has 0 saturated carbocycles. The van der Waals surface area contributed by atoms with E-state index in [1.165, 1.54) is 49.2 Å². The van der Waals surface area contributed by atoms with Gasteiger partial charge < -0.3 is 19.4 Å². The maximum absolute atomic E-state index is 12.4. The van der Waals surface area contributed by atoms with Gasteiger partial charge in [0.1, 0.15) is 5.76 Å². The van der Waals surface area contributed by atoms with Gasteiger partial charge in [0.25, 0.3) is 0 Å². The molecule has 2 N–H and O–H groups in total. The monoisotopic (exact) mass is 440 g/mol. The molecule has 0 saturated heterocycles. The summed E-state index contributed by atoms with van der Waals surface area (Å²) in [5, 5.41) is 19.5. The predicted molar refractivity (Wildman–Crippen MR) is 115 cm³/mol. The topological polar surface area (TPSA) is 114 Å². The van der Waals surface area contributed by atoms with E-state index in [4.69, 9.17) is 14.3 Å². The molecule has 0 bridgehead atoms. The number of benzene rings is 2. The Balaban J connectivity index is 1.98. The molecular weight excluding hydrogens is 420 g/mol. The highest BCUT2D eigenvalue weighted by Gasteiger charge is 2.26. The maximum Gasteiger partial charge on any atom is 0.335 e. The SMILES string of the molecule is COC(=O)C[C@@H](c1ccc(C(=O)O)cc1)c1oc(CSc2ccccc2)cc(=O)c1O. The average Bonchev–Trinajstić information content (AvgIpc) is 2.79. The number of hydrogen-bond donors (Lipinski definition) is 2. The number of esters is 1. The molecule has 0 aliphatic rings. The summed E-state index contributed by atoms with van der Waals surface area (Å²) >= 11 is 1.46. The zero-order valence-electron chi connectivity index (χ0n) is 16.6. The van der Waals surface area contributed by atoms with Crippen molar-refractivity contribution < 1.29 is 29.0 Å². The van der Waals surface area contributed by atoms with Gasteiger partial charge in [-0.3, -0.25) is 9.59 Å². The molecular formula is C23H20O7S. The molecule has 160 valence electrons. The summed E-state index contributed by atoms with van der Waals surface area (Å²) in [6, 6.07) is 16.6. The molecule has 0 amide bonds. The maximum atomic E-state index is 12.4. The first-order valence-corrected chi connectivity index (χ1v) is 10.3. The van der Waals surface area contributed by atoms with Crippen LogP contribution < -0.4 is 5.43 Å². The Labute approximate surface area is 182 Å². The molecule has 2 aromatic carbocycles. The van der Waals surface area contributed by atoms with Gasteiger partial charge in [-0.25, -0.2) is 4.79 Å². The van der Waals surface area contributed by atoms with Gasteiger partial charge in [0.05, 0.1) is 30.8 Å². The Morgan fingerprint density at radius 1 is 1.10 bits per heavy atom. The molecule has 0 unspecified atom stereocenters. The highest BCUT2D eigenvalue weighted by Crippen LogP contribution is 2.34. The number of carboxylic acid groups (broad SMARTS) is 1. The lowest BCUT2D eigenvalue weighted by atomic mass is 9.91. The van der Waals surface area contributed by atoms with E-state index in [0.717, 1.165) is 4.90 Å². The fraction of sp³-hybridized carbons (Fsp3) is 0.174. The molecule has 3 rings (SSSR count). The fourth-order valence-electron chi connectivity index (χ4n) is 3.00. The molecule has 7 nitrogen and oxygen atoms in total. The summed E-state index contributed by atoms with van der Waals surface area (Å²) in [6.45, 7) is 0. The summed E-state index contributed by atoms with van der Waals surface area (Å²) < 4.78 is 10.6. The molecule has 3 aromatic rings. The van der Waals surface area contributed by atoms with Gasteiger partial charge in [-0.2, -0.15) is 0 Å². The minimum atomic E-state index is -1.09. The van der Waals surface area contributed by atoms with Crippen LogP contribution in [-0.4, -0.2) is 29.3 Å². The summed E-state index contributed by atoms with van der Waals surface area (Å²) in [5.74, 6) is -2.47. The van der Waals surface area contributed by atoms with E-state index in [1.54, 1.807) is 0 Å². The molecule has 31 heavy (non-hydrogen) atoms. The van der Waals surface area contributed by atoms with Gasteiger partial charge >= 0.3 is 11.9 Å². The van der Waals surface area contributed by atoms with Gasteiger partial charge in [-0.1, -0.05) is 30.3 Å². The third kappa shape index (κ3) is 5.55. The first-order valence-electron chi connectivity index (χ1n) is 9.33. The lowest BCUT2D eigenvalue weighted by Crippen LogP contribution is -2.14. The number of aromatic hydroxyl groups is 1. The van der Waals surface area contributed by atoms with Crippen molar-refractivity contribution in [3.63, 3.8) is 0 Å². The van der Waals surface area contributed by atoms with E-state index in [0.29, 0.717) is 17.1 Å². The standard InChI is InChI=1S/C23H20O7S/c1-29-20(25)12-18(14-7-9-15(10-8-14)23(27)28)22-21(26)19(24)11-16(30-22)13-31-17-5-3-2-4-6-17/h2-11,18,26H,12-13H2,1H3,(H,27,28)/t18-/m0/s1. The molecule has 0 fully saturated rings. The predicted octanol–water partition coefficient (Wildman–Crippen LogP) is 4.03. The molecule has 1 aromatic heterocycles. The van der Waals surface area contributed by atoms with Crippen LogP contribution in [0.25, 0.3) is 0 Å². The van der Waals surface area contributed by atoms with Gasteiger partial charge in [0, 0.05) is 11.0 Å². The number of aromatic carboxylic acids is 1. The highest BCUT2D eigenvalue weighted by molar-refractivity contribution is 7.98. The van der Waals surface area contributed by atoms with E-state index in [2.05, 4.69) is 0 Å². The quantitative estimate of drug-likeness (QED) is 0.399. The Bertz CT molecular complexity index is 1120. The number of carbonyl (C=O) groups is 2. The van der Waals surface area contributed by atoms with Crippen LogP contribution in [-0.2, 0) is 15.3 Å². The molecule has 1 atom stereocenters. The second kappa shape index (κ2) is 9.99. The summed E-state index contributed by atoms with van der Waals surface area (Å²) in [7, 11) is 1.23. The minimum absolute atomic E-state index is 0.0652. The van der Waals surface area contributed by atoms with Crippen LogP contribution in [0.5, 0.6) is 5.75 Å². The second-order valence-electron chi connectivity index (χ2n) is 6.65. The van der Waals surface area contributed by atoms with Crippen LogP contribution in [0.3, 0.4) is 0 Å². The summed E-state index contributed by atoms with van der Waals surface area (Å²) in [5.41, 5.74) is -0.0529. The number of ether oxygens (including phenoxy) is 1. The number of carboxylic acids is 1. The van der Waals surface area contributed by atoms with E-state index in [-0.39, 0.29) is 17.7 Å². The van der Waals surface area contributed by atoms with Crippen molar-refractivity contribution in [3.8, 4) is 5.75 Å². The minimum Gasteiger partial charge on any atom is -0.502 e. The number of thioether (sulfide) groups is 1. The van der Waals surface area contributed by atoms with Crippen LogP contribution in [0.1, 0.15) is 39.8 Å². The van der Waals surface area contributed by atoms with E-state index in [9.17, 15) is 19.5 Å². The third-order valence-electron chi connectivity index (χ3n) is 4.60. The van der Waals surface area contributed by atoms with Crippen LogP contribution in [0, 0.1) is 0 Å². The van der Waals surface area contributed by atoms with Gasteiger partial charge in [0.15, 0.2) is 5.76 Å². The Hall–Kier alpha value is -3.52. The molecule has 0 radical (unpaired) electrons. The van der Waals surface area contributed by atoms with Gasteiger partial charge in [-0.15, -0.1) is 11.8 Å². The van der Waals surface area contributed by atoms with Crippen LogP contribution >= 0.6 is 11.8 Å². The van der Waals surface area contributed by atoms with Crippen molar-refractivity contribution in [2.45, 2.75) is 23.0 Å². The van der Waals surface area contributed by atoms with Crippen molar-refractivity contribution >= 4 is 23.7 Å². The number of rotatable bonds is 8. The summed E-state index contributed by atoms with van der Waals surface area (Å²) in [6.07, 6.45) is -0.200. The Morgan fingerprint density at radius 3 is 2.39 bits per heavy atom. The van der Waals surface area contributed by atoms with Crippen molar-refractivity contribution in [1.82, 2.24) is 0 Å². The molecule has 0 aliphatic heterocycles. The van der Waals surface area contributed by atoms with Crippen LogP contribution in [0.4, 0.5) is 0 Å². The third-order valence-corrected chi connectivity index (χ3v) is 5.63. The highest BCUT2D eigenvalue weighted by atomic mass is 32.2. The average molecular weight is 440 g/mol. The van der Waals surface area contributed by atoms with Crippen LogP contribution in [0.2, 0.25) is 0 Å². The van der Waals surface area contributed by atoms with E-state index >= 15 is 0 Å². The molecule has 8 heteroatoms. The first-order chi connectivity index (χ1) is 14.9. The van der Waals surface area contributed by atoms with Crippen molar-refractivity contribution in [2.75, 3.05) is 7.11 Å². The van der Waals surface area contributed by atoms with Gasteiger partial charge in [0.2, 0.25) is 11.2 Å². The smallest absolute Gasteiger partial charge is 0.335 e. The van der Waals surface area contributed by atoms with Gasteiger partial charge in [-0.05, 0) is 29.8 Å². The molecule has 0 spiro atoms. The number of methoxy groups -OCH3 is 1. The lowest BCUT2D eigenvalue weighted by molar-refractivity contribution is -0.140. The number of carbonyl (C=O) groups excluding carboxylic acids is 1. The molecule has 1 heterocycles. The first kappa shape index (κ1) is 22.2. The summed E-state index contributed by atoms with van der Waals surface area (Å²) in [4.78, 5) is 36.5. The van der Waals surface area contributed by atoms with Crippen molar-refractivity contribution in [2.24, 2.45) is 0 Å². The van der Waals surface area contributed by atoms with Crippen molar-refractivity contribution in [3.05, 3.63) is 93.5 Å². The Morgan fingerprint density at radius 2 is 1.77 bits per heavy atom. The fourth-order valence-corrected chi connectivity index (χ4v) is 3.80.